The third kappa shape index (κ3) is 3.31. The van der Waals surface area contributed by atoms with E-state index in [1.165, 1.54) is 0 Å². The number of aliphatic carboxylic acids is 1. The van der Waals surface area contributed by atoms with Gasteiger partial charge in [0.05, 0.1) is 32.3 Å². The lowest BCUT2D eigenvalue weighted by Gasteiger charge is -2.31. The summed E-state index contributed by atoms with van der Waals surface area (Å²) in [5, 5.41) is 20.7. The van der Waals surface area contributed by atoms with Crippen molar-refractivity contribution in [2.45, 2.75) is 39.3 Å². The van der Waals surface area contributed by atoms with Crippen molar-refractivity contribution < 1.29 is 19.4 Å². The number of hydrogen-bond donors (Lipinski definition) is 1. The Morgan fingerprint density at radius 2 is 2.25 bits per heavy atom. The van der Waals surface area contributed by atoms with Gasteiger partial charge in [-0.25, -0.2) is 4.68 Å². The van der Waals surface area contributed by atoms with Crippen LogP contribution in [0, 0.1) is 5.41 Å². The molecule has 1 aliphatic rings. The zero-order valence-electron chi connectivity index (χ0n) is 11.9. The van der Waals surface area contributed by atoms with Gasteiger partial charge in [0.2, 0.25) is 0 Å². The van der Waals surface area contributed by atoms with Crippen LogP contribution in [0.5, 0.6) is 0 Å². The maximum Gasteiger partial charge on any atom is 0.305 e. The van der Waals surface area contributed by atoms with Crippen LogP contribution < -0.4 is 0 Å². The number of carboxylic acids is 1. The average Bonchev–Trinajstić information content (AvgIpc) is 2.84. The van der Waals surface area contributed by atoms with Crippen molar-refractivity contribution in [3.63, 3.8) is 0 Å². The van der Waals surface area contributed by atoms with Crippen LogP contribution in [-0.4, -0.2) is 51.1 Å². The van der Waals surface area contributed by atoms with Crippen LogP contribution in [0.25, 0.3) is 0 Å². The average molecular weight is 284 g/mol. The van der Waals surface area contributed by atoms with Crippen molar-refractivity contribution in [2.75, 3.05) is 19.8 Å². The highest BCUT2D eigenvalue weighted by atomic mass is 16.6. The minimum absolute atomic E-state index is 0.0465. The molecule has 2 atom stereocenters. The number of tetrazole rings is 1. The van der Waals surface area contributed by atoms with Gasteiger partial charge in [-0.2, -0.15) is 0 Å². The molecule has 0 amide bonds. The summed E-state index contributed by atoms with van der Waals surface area (Å²) in [7, 11) is 0. The summed E-state index contributed by atoms with van der Waals surface area (Å²) in [5.74, 6) is -0.363. The number of rotatable bonds is 4. The van der Waals surface area contributed by atoms with Crippen molar-refractivity contribution in [2.24, 2.45) is 5.41 Å². The van der Waals surface area contributed by atoms with E-state index in [0.29, 0.717) is 25.6 Å². The lowest BCUT2D eigenvalue weighted by atomic mass is 9.84. The quantitative estimate of drug-likeness (QED) is 0.873. The molecule has 0 aliphatic carbocycles. The van der Waals surface area contributed by atoms with Crippen molar-refractivity contribution >= 4 is 5.97 Å². The maximum atomic E-state index is 11.1. The van der Waals surface area contributed by atoms with Gasteiger partial charge in [0.15, 0.2) is 5.82 Å². The Bertz CT molecular complexity index is 462. The molecule has 8 nitrogen and oxygen atoms in total. The van der Waals surface area contributed by atoms with E-state index < -0.39 is 5.97 Å². The zero-order valence-corrected chi connectivity index (χ0v) is 11.9. The molecule has 2 rings (SSSR count). The van der Waals surface area contributed by atoms with Crippen LogP contribution in [-0.2, 0) is 14.3 Å². The Morgan fingerprint density at radius 1 is 1.50 bits per heavy atom. The lowest BCUT2D eigenvalue weighted by molar-refractivity contribution is -0.139. The first-order valence-electron chi connectivity index (χ1n) is 6.58. The second kappa shape index (κ2) is 5.84. The van der Waals surface area contributed by atoms with Gasteiger partial charge < -0.3 is 14.6 Å². The maximum absolute atomic E-state index is 11.1. The Labute approximate surface area is 117 Å². The molecule has 112 valence electrons. The first kappa shape index (κ1) is 14.9. The predicted molar refractivity (Wildman–Crippen MR) is 68.1 cm³/mol. The summed E-state index contributed by atoms with van der Waals surface area (Å²) in [5.41, 5.74) is -0.294. The number of carboxylic acid groups (broad SMARTS) is 1. The van der Waals surface area contributed by atoms with E-state index in [1.54, 1.807) is 4.68 Å². The fourth-order valence-electron chi connectivity index (χ4n) is 2.20. The van der Waals surface area contributed by atoms with Crippen molar-refractivity contribution in [1.82, 2.24) is 20.2 Å². The van der Waals surface area contributed by atoms with E-state index in [-0.39, 0.29) is 24.0 Å². The molecular weight excluding hydrogens is 264 g/mol. The van der Waals surface area contributed by atoms with Crippen LogP contribution in [0.3, 0.4) is 0 Å². The van der Waals surface area contributed by atoms with Gasteiger partial charge in [-0.15, -0.1) is 5.10 Å². The summed E-state index contributed by atoms with van der Waals surface area (Å²) < 4.78 is 12.5. The minimum Gasteiger partial charge on any atom is -0.481 e. The van der Waals surface area contributed by atoms with Gasteiger partial charge in [-0.1, -0.05) is 20.8 Å². The molecule has 2 heterocycles. The summed E-state index contributed by atoms with van der Waals surface area (Å²) in [6, 6.07) is -0.351. The molecule has 0 bridgehead atoms. The third-order valence-corrected chi connectivity index (χ3v) is 3.29. The summed E-state index contributed by atoms with van der Waals surface area (Å²) in [6.45, 7) is 7.30. The molecule has 0 saturated carbocycles. The Morgan fingerprint density at radius 3 is 2.80 bits per heavy atom. The monoisotopic (exact) mass is 284 g/mol. The Kier molecular flexibility index (Phi) is 4.34. The molecule has 1 fully saturated rings. The Balaban J connectivity index is 2.29. The van der Waals surface area contributed by atoms with Crippen molar-refractivity contribution in [1.29, 1.82) is 0 Å². The molecule has 8 heteroatoms. The van der Waals surface area contributed by atoms with Crippen LogP contribution in [0.2, 0.25) is 0 Å². The minimum atomic E-state index is -0.882. The molecule has 2 unspecified atom stereocenters. The Hall–Kier alpha value is -1.54. The van der Waals surface area contributed by atoms with Gasteiger partial charge in [-0.05, 0) is 15.8 Å². The van der Waals surface area contributed by atoms with Crippen LogP contribution >= 0.6 is 0 Å². The topological polar surface area (TPSA) is 99.4 Å². The van der Waals surface area contributed by atoms with Gasteiger partial charge in [-0.3, -0.25) is 4.79 Å². The van der Waals surface area contributed by atoms with Crippen LogP contribution in [0.1, 0.15) is 45.2 Å². The number of hydrogen-bond acceptors (Lipinski definition) is 6. The lowest BCUT2D eigenvalue weighted by Crippen LogP contribution is -2.32. The van der Waals surface area contributed by atoms with Crippen LogP contribution in [0.15, 0.2) is 0 Å². The molecule has 1 aromatic rings. The predicted octanol–water partition coefficient (Wildman–Crippen LogP) is 0.823. The van der Waals surface area contributed by atoms with Gasteiger partial charge in [0.25, 0.3) is 0 Å². The number of ether oxygens (including phenoxy) is 2. The molecular formula is C12H20N4O4. The van der Waals surface area contributed by atoms with Gasteiger partial charge >= 0.3 is 5.97 Å². The SMILES string of the molecule is CC(C)(C)C(CC(=O)O)n1nnnc1C1COCCO1. The molecule has 20 heavy (non-hydrogen) atoms. The van der Waals surface area contributed by atoms with E-state index in [0.717, 1.165) is 0 Å². The largest absolute Gasteiger partial charge is 0.481 e. The van der Waals surface area contributed by atoms with Crippen molar-refractivity contribution in [3.05, 3.63) is 5.82 Å². The smallest absolute Gasteiger partial charge is 0.305 e. The second-order valence-corrected chi connectivity index (χ2v) is 5.90. The van der Waals surface area contributed by atoms with E-state index in [2.05, 4.69) is 15.5 Å². The van der Waals surface area contributed by atoms with Gasteiger partial charge in [0, 0.05) is 0 Å². The molecule has 0 radical (unpaired) electrons. The molecule has 1 aliphatic heterocycles. The fraction of sp³-hybridized carbons (Fsp3) is 0.833. The molecule has 0 aromatic carbocycles. The summed E-state index contributed by atoms with van der Waals surface area (Å²) >= 11 is 0. The van der Waals surface area contributed by atoms with E-state index in [4.69, 9.17) is 14.6 Å². The first-order valence-corrected chi connectivity index (χ1v) is 6.58. The first-order chi connectivity index (χ1) is 9.39. The molecule has 0 spiro atoms. The number of carbonyl (C=O) groups is 1. The molecule has 1 saturated heterocycles. The number of aromatic nitrogens is 4. The molecule has 1 aromatic heterocycles. The highest BCUT2D eigenvalue weighted by Crippen LogP contribution is 2.34. The number of nitrogens with zero attached hydrogens (tertiary/aromatic N) is 4. The third-order valence-electron chi connectivity index (χ3n) is 3.29. The van der Waals surface area contributed by atoms with Crippen molar-refractivity contribution in [3.8, 4) is 0 Å². The second-order valence-electron chi connectivity index (χ2n) is 5.90. The summed E-state index contributed by atoms with van der Waals surface area (Å²) in [6.07, 6.45) is -0.396. The normalized spacial score (nSPS) is 21.6. The van der Waals surface area contributed by atoms with E-state index in [9.17, 15) is 4.79 Å². The van der Waals surface area contributed by atoms with Crippen LogP contribution in [0.4, 0.5) is 0 Å². The molecule has 1 N–H and O–H groups in total. The van der Waals surface area contributed by atoms with Gasteiger partial charge in [0.1, 0.15) is 6.10 Å². The van der Waals surface area contributed by atoms with E-state index >= 15 is 0 Å². The standard InChI is InChI=1S/C12H20N4O4/c1-12(2,3)9(6-10(17)18)16-11(13-14-15-16)8-7-19-4-5-20-8/h8-9H,4-7H2,1-3H3,(H,17,18). The zero-order chi connectivity index (χ0) is 14.8. The fourth-order valence-corrected chi connectivity index (χ4v) is 2.20. The summed E-state index contributed by atoms with van der Waals surface area (Å²) in [4.78, 5) is 11.1. The highest BCUT2D eigenvalue weighted by Gasteiger charge is 2.34. The van der Waals surface area contributed by atoms with E-state index in [1.807, 2.05) is 20.8 Å². The highest BCUT2D eigenvalue weighted by molar-refractivity contribution is 5.67.